The van der Waals surface area contributed by atoms with Crippen LogP contribution < -0.4 is 11.1 Å². The van der Waals surface area contributed by atoms with Crippen LogP contribution in [0.5, 0.6) is 0 Å². The second-order valence-electron chi connectivity index (χ2n) is 4.74. The van der Waals surface area contributed by atoms with Gasteiger partial charge in [0, 0.05) is 19.1 Å². The molecule has 2 rings (SSSR count). The van der Waals surface area contributed by atoms with Crippen molar-refractivity contribution in [2.45, 2.75) is 31.7 Å². The molecule has 14 heavy (non-hydrogen) atoms. The van der Waals surface area contributed by atoms with E-state index in [2.05, 4.69) is 10.2 Å². The van der Waals surface area contributed by atoms with E-state index in [9.17, 15) is 0 Å². The molecule has 2 atom stereocenters. The summed E-state index contributed by atoms with van der Waals surface area (Å²) in [6, 6.07) is 0.678. The number of piperidine rings is 1. The third-order valence-electron chi connectivity index (χ3n) is 3.66. The van der Waals surface area contributed by atoms with Crippen molar-refractivity contribution in [1.29, 1.82) is 0 Å². The zero-order chi connectivity index (χ0) is 9.80. The van der Waals surface area contributed by atoms with Crippen molar-refractivity contribution < 1.29 is 0 Å². The van der Waals surface area contributed by atoms with Gasteiger partial charge in [-0.25, -0.2) is 0 Å². The molecule has 0 saturated carbocycles. The second kappa shape index (κ2) is 5.10. The quantitative estimate of drug-likeness (QED) is 0.688. The van der Waals surface area contributed by atoms with Gasteiger partial charge in [0.25, 0.3) is 0 Å². The second-order valence-corrected chi connectivity index (χ2v) is 4.74. The van der Waals surface area contributed by atoms with Gasteiger partial charge in [-0.15, -0.1) is 0 Å². The highest BCUT2D eigenvalue weighted by molar-refractivity contribution is 4.83. The molecular weight excluding hydrogens is 174 g/mol. The molecule has 2 saturated heterocycles. The maximum Gasteiger partial charge on any atom is 0.0219 e. The molecule has 2 heterocycles. The van der Waals surface area contributed by atoms with E-state index in [1.165, 1.54) is 51.9 Å². The maximum absolute atomic E-state index is 5.77. The first-order chi connectivity index (χ1) is 6.90. The van der Waals surface area contributed by atoms with E-state index in [4.69, 9.17) is 5.73 Å². The monoisotopic (exact) mass is 197 g/mol. The summed E-state index contributed by atoms with van der Waals surface area (Å²) in [5.74, 6) is 0.871. The Bertz CT molecular complexity index is 166. The first kappa shape index (κ1) is 10.4. The fourth-order valence-corrected chi connectivity index (χ4v) is 2.81. The topological polar surface area (TPSA) is 41.3 Å². The minimum Gasteiger partial charge on any atom is -0.329 e. The highest BCUT2D eigenvalue weighted by atomic mass is 15.2. The summed E-state index contributed by atoms with van der Waals surface area (Å²) < 4.78 is 0. The highest BCUT2D eigenvalue weighted by Crippen LogP contribution is 2.20. The van der Waals surface area contributed by atoms with Crippen molar-refractivity contribution >= 4 is 0 Å². The molecule has 0 radical (unpaired) electrons. The smallest absolute Gasteiger partial charge is 0.0219 e. The minimum absolute atomic E-state index is 0.678. The van der Waals surface area contributed by atoms with Crippen LogP contribution in [0.15, 0.2) is 0 Å². The van der Waals surface area contributed by atoms with Gasteiger partial charge in [-0.1, -0.05) is 0 Å². The van der Waals surface area contributed by atoms with Gasteiger partial charge < -0.3 is 11.1 Å². The minimum atomic E-state index is 0.678. The van der Waals surface area contributed by atoms with Crippen LogP contribution in [0.1, 0.15) is 25.7 Å². The molecule has 82 valence electrons. The van der Waals surface area contributed by atoms with Gasteiger partial charge in [0.1, 0.15) is 0 Å². The fraction of sp³-hybridized carbons (Fsp3) is 1.00. The van der Waals surface area contributed by atoms with Crippen molar-refractivity contribution in [2.24, 2.45) is 11.7 Å². The van der Waals surface area contributed by atoms with Crippen molar-refractivity contribution in [3.8, 4) is 0 Å². The van der Waals surface area contributed by atoms with Crippen molar-refractivity contribution in [1.82, 2.24) is 10.2 Å². The third kappa shape index (κ3) is 2.47. The Morgan fingerprint density at radius 3 is 2.93 bits per heavy atom. The van der Waals surface area contributed by atoms with Crippen LogP contribution in [-0.4, -0.2) is 43.7 Å². The van der Waals surface area contributed by atoms with Crippen molar-refractivity contribution in [3.05, 3.63) is 0 Å². The molecule has 3 N–H and O–H groups in total. The van der Waals surface area contributed by atoms with Gasteiger partial charge in [0.05, 0.1) is 0 Å². The Hall–Kier alpha value is -0.120. The summed E-state index contributed by atoms with van der Waals surface area (Å²) in [4.78, 5) is 2.61. The largest absolute Gasteiger partial charge is 0.329 e. The molecule has 0 spiro atoms. The number of nitrogens with two attached hydrogens (primary N) is 1. The predicted molar refractivity (Wildman–Crippen MR) is 59.2 cm³/mol. The molecule has 0 aromatic carbocycles. The molecule has 0 aromatic heterocycles. The van der Waals surface area contributed by atoms with Gasteiger partial charge >= 0.3 is 0 Å². The summed E-state index contributed by atoms with van der Waals surface area (Å²) in [6.45, 7) is 5.83. The normalized spacial score (nSPS) is 34.9. The van der Waals surface area contributed by atoms with Crippen molar-refractivity contribution in [2.75, 3.05) is 32.7 Å². The number of hydrogen-bond acceptors (Lipinski definition) is 3. The average Bonchev–Trinajstić information content (AvgIpc) is 2.67. The van der Waals surface area contributed by atoms with Crippen LogP contribution in [0.2, 0.25) is 0 Å². The van der Waals surface area contributed by atoms with Crippen LogP contribution in [0.3, 0.4) is 0 Å². The van der Waals surface area contributed by atoms with E-state index in [0.29, 0.717) is 6.04 Å². The first-order valence-electron chi connectivity index (χ1n) is 6.05. The molecule has 2 fully saturated rings. The van der Waals surface area contributed by atoms with E-state index in [1.54, 1.807) is 0 Å². The zero-order valence-corrected chi connectivity index (χ0v) is 9.04. The number of nitrogens with one attached hydrogen (secondary N) is 1. The standard InChI is InChI=1S/C11H23N3/c12-7-11-4-2-6-14(11)9-10-3-1-5-13-8-10/h10-11,13H,1-9,12H2. The summed E-state index contributed by atoms with van der Waals surface area (Å²) in [7, 11) is 0. The van der Waals surface area contributed by atoms with Gasteiger partial charge in [-0.05, 0) is 51.2 Å². The number of likely N-dealkylation sites (tertiary alicyclic amines) is 1. The number of nitrogens with zero attached hydrogens (tertiary/aromatic N) is 1. The average molecular weight is 197 g/mol. The number of hydrogen-bond donors (Lipinski definition) is 2. The SMILES string of the molecule is NCC1CCCN1CC1CCCNC1. The van der Waals surface area contributed by atoms with Crippen LogP contribution in [0.25, 0.3) is 0 Å². The predicted octanol–water partition coefficient (Wildman–Crippen LogP) is 0.409. The van der Waals surface area contributed by atoms with E-state index in [1.807, 2.05) is 0 Å². The van der Waals surface area contributed by atoms with E-state index in [0.717, 1.165) is 12.5 Å². The maximum atomic E-state index is 5.77. The highest BCUT2D eigenvalue weighted by Gasteiger charge is 2.25. The summed E-state index contributed by atoms with van der Waals surface area (Å²) in [5.41, 5.74) is 5.77. The summed E-state index contributed by atoms with van der Waals surface area (Å²) in [5, 5.41) is 3.48. The van der Waals surface area contributed by atoms with E-state index >= 15 is 0 Å². The van der Waals surface area contributed by atoms with Crippen LogP contribution >= 0.6 is 0 Å². The Labute approximate surface area is 87.0 Å². The Morgan fingerprint density at radius 1 is 1.29 bits per heavy atom. The van der Waals surface area contributed by atoms with Gasteiger partial charge in [0.15, 0.2) is 0 Å². The van der Waals surface area contributed by atoms with Gasteiger partial charge in [0.2, 0.25) is 0 Å². The molecule has 2 aliphatic heterocycles. The molecule has 0 aromatic rings. The molecular formula is C11H23N3. The first-order valence-corrected chi connectivity index (χ1v) is 6.05. The molecule has 2 unspecified atom stereocenters. The summed E-state index contributed by atoms with van der Waals surface area (Å²) in [6.07, 6.45) is 5.42. The molecule has 0 bridgehead atoms. The Morgan fingerprint density at radius 2 is 2.21 bits per heavy atom. The Balaban J connectivity index is 1.77. The Kier molecular flexibility index (Phi) is 3.79. The number of rotatable bonds is 3. The molecule has 3 heteroatoms. The third-order valence-corrected chi connectivity index (χ3v) is 3.66. The van der Waals surface area contributed by atoms with Crippen LogP contribution in [0, 0.1) is 5.92 Å². The zero-order valence-electron chi connectivity index (χ0n) is 9.04. The van der Waals surface area contributed by atoms with Crippen LogP contribution in [0.4, 0.5) is 0 Å². The van der Waals surface area contributed by atoms with Crippen molar-refractivity contribution in [3.63, 3.8) is 0 Å². The fourth-order valence-electron chi connectivity index (χ4n) is 2.81. The molecule has 2 aliphatic rings. The molecule has 0 amide bonds. The summed E-state index contributed by atoms with van der Waals surface area (Å²) >= 11 is 0. The molecule has 3 nitrogen and oxygen atoms in total. The lowest BCUT2D eigenvalue weighted by atomic mass is 9.99. The van der Waals surface area contributed by atoms with E-state index < -0.39 is 0 Å². The van der Waals surface area contributed by atoms with Gasteiger partial charge in [-0.2, -0.15) is 0 Å². The lowest BCUT2D eigenvalue weighted by Gasteiger charge is -2.30. The van der Waals surface area contributed by atoms with Crippen LogP contribution in [-0.2, 0) is 0 Å². The molecule has 0 aliphatic carbocycles. The lowest BCUT2D eigenvalue weighted by Crippen LogP contribution is -2.42. The lowest BCUT2D eigenvalue weighted by molar-refractivity contribution is 0.197. The van der Waals surface area contributed by atoms with Gasteiger partial charge in [-0.3, -0.25) is 4.90 Å². The van der Waals surface area contributed by atoms with E-state index in [-0.39, 0.29) is 0 Å².